The summed E-state index contributed by atoms with van der Waals surface area (Å²) in [7, 11) is -4.34. The molecule has 0 unspecified atom stereocenters. The average Bonchev–Trinajstić information content (AvgIpc) is 2.36. The van der Waals surface area contributed by atoms with Crippen LogP contribution in [0.15, 0.2) is 29.2 Å². The molecule has 0 aliphatic rings. The van der Waals surface area contributed by atoms with Gasteiger partial charge in [-0.3, -0.25) is 0 Å². The first-order chi connectivity index (χ1) is 8.99. The van der Waals surface area contributed by atoms with Crippen LogP contribution in [0, 0.1) is 16.7 Å². The molecule has 1 aromatic rings. The molecule has 1 aromatic carbocycles. The Hall–Kier alpha value is -1.59. The van der Waals surface area contributed by atoms with Crippen LogP contribution in [-0.4, -0.2) is 15.0 Å². The van der Waals surface area contributed by atoms with Gasteiger partial charge in [-0.2, -0.15) is 18.4 Å². The first-order valence-electron chi connectivity index (χ1n) is 5.57. The van der Waals surface area contributed by atoms with Crippen LogP contribution in [0.4, 0.5) is 13.2 Å². The molecule has 0 heterocycles. The summed E-state index contributed by atoms with van der Waals surface area (Å²) < 4.78 is 64.2. The van der Waals surface area contributed by atoms with Crippen molar-refractivity contribution in [1.82, 2.24) is 4.72 Å². The predicted molar refractivity (Wildman–Crippen MR) is 66.0 cm³/mol. The Labute approximate surface area is 115 Å². The van der Waals surface area contributed by atoms with Gasteiger partial charge in [0.15, 0.2) is 0 Å². The van der Waals surface area contributed by atoms with Crippen molar-refractivity contribution in [2.24, 2.45) is 5.41 Å². The molecule has 1 N–H and O–H groups in total. The maximum Gasteiger partial charge on any atom is 0.417 e. The molecule has 0 atom stereocenters. The van der Waals surface area contributed by atoms with Crippen LogP contribution >= 0.6 is 0 Å². The van der Waals surface area contributed by atoms with Crippen molar-refractivity contribution >= 4 is 10.0 Å². The largest absolute Gasteiger partial charge is 0.417 e. The molecule has 1 rings (SSSR count). The number of sulfonamides is 1. The van der Waals surface area contributed by atoms with E-state index in [0.29, 0.717) is 6.07 Å². The quantitative estimate of drug-likeness (QED) is 0.929. The van der Waals surface area contributed by atoms with E-state index in [1.807, 2.05) is 10.8 Å². The number of nitrogens with one attached hydrogen (secondary N) is 1. The van der Waals surface area contributed by atoms with Gasteiger partial charge >= 0.3 is 6.18 Å². The normalized spacial score (nSPS) is 13.0. The zero-order valence-corrected chi connectivity index (χ0v) is 11.6. The van der Waals surface area contributed by atoms with Gasteiger partial charge in [-0.25, -0.2) is 13.1 Å². The molecular weight excluding hydrogens is 293 g/mol. The van der Waals surface area contributed by atoms with Crippen LogP contribution in [0.1, 0.15) is 19.4 Å². The van der Waals surface area contributed by atoms with Crippen LogP contribution in [0.5, 0.6) is 0 Å². The first kappa shape index (κ1) is 16.5. The van der Waals surface area contributed by atoms with Gasteiger partial charge in [-0.15, -0.1) is 0 Å². The number of nitriles is 1. The number of benzene rings is 1. The van der Waals surface area contributed by atoms with E-state index >= 15 is 0 Å². The molecular formula is C12H13F3N2O2S. The number of alkyl halides is 3. The van der Waals surface area contributed by atoms with Gasteiger partial charge in [0.1, 0.15) is 0 Å². The topological polar surface area (TPSA) is 70.0 Å². The summed E-state index contributed by atoms with van der Waals surface area (Å²) in [5.41, 5.74) is -2.25. The van der Waals surface area contributed by atoms with Gasteiger partial charge in [-0.1, -0.05) is 12.1 Å². The van der Waals surface area contributed by atoms with Gasteiger partial charge in [0.2, 0.25) is 10.0 Å². The number of rotatable bonds is 4. The molecule has 0 fully saturated rings. The van der Waals surface area contributed by atoms with E-state index in [0.717, 1.165) is 12.1 Å². The summed E-state index contributed by atoms with van der Waals surface area (Å²) in [6.45, 7) is 2.67. The lowest BCUT2D eigenvalue weighted by Gasteiger charge is -2.18. The lowest BCUT2D eigenvalue weighted by Crippen LogP contribution is -2.34. The van der Waals surface area contributed by atoms with Gasteiger partial charge in [0.25, 0.3) is 0 Å². The third-order valence-electron chi connectivity index (χ3n) is 2.49. The van der Waals surface area contributed by atoms with Crippen molar-refractivity contribution in [2.75, 3.05) is 6.54 Å². The summed E-state index contributed by atoms with van der Waals surface area (Å²) in [6, 6.07) is 5.76. The Kier molecular flexibility index (Phi) is 4.46. The Bertz CT molecular complexity index is 631. The summed E-state index contributed by atoms with van der Waals surface area (Å²) in [4.78, 5) is -0.846. The van der Waals surface area contributed by atoms with Crippen molar-refractivity contribution < 1.29 is 21.6 Å². The van der Waals surface area contributed by atoms with Gasteiger partial charge in [-0.05, 0) is 26.0 Å². The number of nitrogens with zero attached hydrogens (tertiary/aromatic N) is 1. The summed E-state index contributed by atoms with van der Waals surface area (Å²) >= 11 is 0. The highest BCUT2D eigenvalue weighted by Gasteiger charge is 2.37. The maximum absolute atomic E-state index is 12.8. The van der Waals surface area contributed by atoms with E-state index in [1.54, 1.807) is 0 Å². The molecule has 0 amide bonds. The SMILES string of the molecule is CC(C)(C#N)CNS(=O)(=O)c1ccccc1C(F)(F)F. The van der Waals surface area contributed by atoms with Crippen LogP contribution in [0.25, 0.3) is 0 Å². The average molecular weight is 306 g/mol. The highest BCUT2D eigenvalue weighted by molar-refractivity contribution is 7.89. The second-order valence-corrected chi connectivity index (χ2v) is 6.55. The molecule has 4 nitrogen and oxygen atoms in total. The van der Waals surface area contributed by atoms with Gasteiger partial charge in [0, 0.05) is 6.54 Å². The fraction of sp³-hybridized carbons (Fsp3) is 0.417. The monoisotopic (exact) mass is 306 g/mol. The van der Waals surface area contributed by atoms with E-state index in [9.17, 15) is 21.6 Å². The highest BCUT2D eigenvalue weighted by atomic mass is 32.2. The smallest absolute Gasteiger partial charge is 0.210 e. The van der Waals surface area contributed by atoms with Crippen LogP contribution < -0.4 is 4.72 Å². The second kappa shape index (κ2) is 5.42. The summed E-state index contributed by atoms with van der Waals surface area (Å²) in [6.07, 6.45) is -4.77. The second-order valence-electron chi connectivity index (χ2n) is 4.81. The van der Waals surface area contributed by atoms with E-state index in [1.165, 1.54) is 19.9 Å². The van der Waals surface area contributed by atoms with Gasteiger partial charge < -0.3 is 0 Å². The molecule has 0 saturated carbocycles. The van der Waals surface area contributed by atoms with Crippen molar-refractivity contribution in [2.45, 2.75) is 24.9 Å². The van der Waals surface area contributed by atoms with Gasteiger partial charge in [0.05, 0.1) is 21.9 Å². The molecule has 0 bridgehead atoms. The molecule has 0 radical (unpaired) electrons. The minimum atomic E-state index is -4.77. The first-order valence-corrected chi connectivity index (χ1v) is 7.05. The molecule has 0 aromatic heterocycles. The van der Waals surface area contributed by atoms with Crippen molar-refractivity contribution in [1.29, 1.82) is 5.26 Å². The zero-order chi connectivity index (χ0) is 15.6. The Morgan fingerprint density at radius 2 is 1.80 bits per heavy atom. The van der Waals surface area contributed by atoms with E-state index in [-0.39, 0.29) is 6.54 Å². The predicted octanol–water partition coefficient (Wildman–Crippen LogP) is 2.53. The van der Waals surface area contributed by atoms with Crippen LogP contribution in [0.2, 0.25) is 0 Å². The molecule has 0 aliphatic heterocycles. The van der Waals surface area contributed by atoms with Crippen molar-refractivity contribution in [3.63, 3.8) is 0 Å². The minimum Gasteiger partial charge on any atom is -0.210 e. The molecule has 0 aliphatic carbocycles. The maximum atomic E-state index is 12.8. The molecule has 0 saturated heterocycles. The van der Waals surface area contributed by atoms with Crippen molar-refractivity contribution in [3.8, 4) is 6.07 Å². The summed E-state index contributed by atoms with van der Waals surface area (Å²) in [5.74, 6) is 0. The van der Waals surface area contributed by atoms with Crippen molar-refractivity contribution in [3.05, 3.63) is 29.8 Å². The van der Waals surface area contributed by atoms with E-state index < -0.39 is 32.1 Å². The number of hydrogen-bond acceptors (Lipinski definition) is 3. The molecule has 8 heteroatoms. The van der Waals surface area contributed by atoms with Crippen LogP contribution in [-0.2, 0) is 16.2 Å². The number of halogens is 3. The molecule has 20 heavy (non-hydrogen) atoms. The fourth-order valence-electron chi connectivity index (χ4n) is 1.33. The molecule has 0 spiro atoms. The third-order valence-corrected chi connectivity index (χ3v) is 3.95. The Balaban J connectivity index is 3.16. The zero-order valence-electron chi connectivity index (χ0n) is 10.8. The van der Waals surface area contributed by atoms with E-state index in [2.05, 4.69) is 0 Å². The fourth-order valence-corrected chi connectivity index (χ4v) is 2.77. The summed E-state index contributed by atoms with van der Waals surface area (Å²) in [5, 5.41) is 8.78. The lowest BCUT2D eigenvalue weighted by molar-refractivity contribution is -0.139. The third kappa shape index (κ3) is 3.95. The Morgan fingerprint density at radius 3 is 2.30 bits per heavy atom. The molecule has 110 valence electrons. The minimum absolute atomic E-state index is 0.280. The highest BCUT2D eigenvalue weighted by Crippen LogP contribution is 2.33. The number of hydrogen-bond donors (Lipinski definition) is 1. The lowest BCUT2D eigenvalue weighted by atomic mass is 9.97. The Morgan fingerprint density at radius 1 is 1.25 bits per heavy atom. The standard InChI is InChI=1S/C12H13F3N2O2S/c1-11(2,7-16)8-17-20(18,19)10-6-4-3-5-9(10)12(13,14)15/h3-6,17H,8H2,1-2H3. The van der Waals surface area contributed by atoms with Crippen LogP contribution in [0.3, 0.4) is 0 Å². The van der Waals surface area contributed by atoms with E-state index in [4.69, 9.17) is 5.26 Å².